The molecular weight excluding hydrogens is 320 g/mol. The van der Waals surface area contributed by atoms with E-state index in [2.05, 4.69) is 76.5 Å². The minimum absolute atomic E-state index is 0.292. The van der Waals surface area contributed by atoms with Gasteiger partial charge < -0.3 is 0 Å². The van der Waals surface area contributed by atoms with E-state index in [0.29, 0.717) is 6.04 Å². The molecule has 3 aromatic rings. The predicted molar refractivity (Wildman–Crippen MR) is 101 cm³/mol. The van der Waals surface area contributed by atoms with Crippen molar-refractivity contribution >= 4 is 40.1 Å². The lowest BCUT2D eigenvalue weighted by atomic mass is 10.1. The van der Waals surface area contributed by atoms with E-state index in [1.807, 2.05) is 6.07 Å². The van der Waals surface area contributed by atoms with E-state index in [1.54, 1.807) is 22.7 Å². The van der Waals surface area contributed by atoms with Crippen LogP contribution in [0.1, 0.15) is 22.2 Å². The molecule has 0 bridgehead atoms. The summed E-state index contributed by atoms with van der Waals surface area (Å²) in [5.74, 6) is 0. The number of nitrogens with zero attached hydrogens (tertiary/aromatic N) is 2. The first-order chi connectivity index (χ1) is 11.4. The Morgan fingerprint density at radius 1 is 0.913 bits per heavy atom. The van der Waals surface area contributed by atoms with Crippen molar-refractivity contribution in [3.8, 4) is 0 Å². The van der Waals surface area contributed by atoms with Crippen molar-refractivity contribution in [3.63, 3.8) is 0 Å². The zero-order valence-corrected chi connectivity index (χ0v) is 14.1. The Labute approximate surface area is 144 Å². The molecule has 0 aliphatic carbocycles. The Kier molecular flexibility index (Phi) is 4.09. The second-order valence-corrected chi connectivity index (χ2v) is 7.31. The average molecular weight is 336 g/mol. The standard InChI is InChI=1S/C19H16N2S2/c1-2-6-16(7-3-1)21-18(19-9-5-13-23-19)14-15(20-21)10-11-17-8-4-12-22-17/h1-13,18H,14H2/b11-10-/t18-/m1/s1. The van der Waals surface area contributed by atoms with Crippen molar-refractivity contribution < 1.29 is 0 Å². The van der Waals surface area contributed by atoms with Gasteiger partial charge in [-0.3, -0.25) is 5.01 Å². The third-order valence-electron chi connectivity index (χ3n) is 3.81. The molecule has 1 atom stereocenters. The molecule has 1 aromatic carbocycles. The highest BCUT2D eigenvalue weighted by Gasteiger charge is 2.28. The lowest BCUT2D eigenvalue weighted by Gasteiger charge is -2.22. The van der Waals surface area contributed by atoms with Gasteiger partial charge in [-0.1, -0.05) is 30.3 Å². The first-order valence-electron chi connectivity index (χ1n) is 7.57. The van der Waals surface area contributed by atoms with Gasteiger partial charge in [-0.25, -0.2) is 0 Å². The topological polar surface area (TPSA) is 15.6 Å². The number of hydrogen-bond donors (Lipinski definition) is 0. The zero-order valence-electron chi connectivity index (χ0n) is 12.5. The molecule has 23 heavy (non-hydrogen) atoms. The smallest absolute Gasteiger partial charge is 0.0923 e. The van der Waals surface area contributed by atoms with E-state index >= 15 is 0 Å². The van der Waals surface area contributed by atoms with Crippen LogP contribution in [0.25, 0.3) is 6.08 Å². The highest BCUT2D eigenvalue weighted by Crippen LogP contribution is 2.37. The molecule has 0 unspecified atom stereocenters. The predicted octanol–water partition coefficient (Wildman–Crippen LogP) is 5.83. The molecule has 0 spiro atoms. The van der Waals surface area contributed by atoms with E-state index in [0.717, 1.165) is 17.8 Å². The second-order valence-electron chi connectivity index (χ2n) is 5.36. The van der Waals surface area contributed by atoms with Crippen LogP contribution < -0.4 is 5.01 Å². The maximum atomic E-state index is 4.87. The number of allylic oxidation sites excluding steroid dienone is 1. The van der Waals surface area contributed by atoms with Gasteiger partial charge >= 0.3 is 0 Å². The molecule has 4 rings (SSSR count). The van der Waals surface area contributed by atoms with E-state index in [1.165, 1.54) is 9.75 Å². The summed E-state index contributed by atoms with van der Waals surface area (Å²) < 4.78 is 0. The maximum Gasteiger partial charge on any atom is 0.0923 e. The third kappa shape index (κ3) is 3.14. The Hall–Kier alpha value is -2.17. The molecule has 0 saturated carbocycles. The van der Waals surface area contributed by atoms with Crippen LogP contribution in [0.4, 0.5) is 5.69 Å². The van der Waals surface area contributed by atoms with Gasteiger partial charge in [0.25, 0.3) is 0 Å². The minimum atomic E-state index is 0.292. The minimum Gasteiger partial charge on any atom is -0.257 e. The van der Waals surface area contributed by atoms with Gasteiger partial charge in [-0.05, 0) is 47.2 Å². The summed E-state index contributed by atoms with van der Waals surface area (Å²) in [4.78, 5) is 2.62. The summed E-state index contributed by atoms with van der Waals surface area (Å²) >= 11 is 3.55. The molecule has 0 N–H and O–H groups in total. The number of benzene rings is 1. The van der Waals surface area contributed by atoms with E-state index in [-0.39, 0.29) is 0 Å². The fourth-order valence-corrected chi connectivity index (χ4v) is 4.15. The van der Waals surface area contributed by atoms with Crippen molar-refractivity contribution in [1.82, 2.24) is 0 Å². The summed E-state index contributed by atoms with van der Waals surface area (Å²) in [5.41, 5.74) is 2.27. The van der Waals surface area contributed by atoms with Crippen LogP contribution in [0.3, 0.4) is 0 Å². The van der Waals surface area contributed by atoms with Crippen LogP contribution in [-0.2, 0) is 0 Å². The number of hydrogen-bond acceptors (Lipinski definition) is 4. The molecule has 2 nitrogen and oxygen atoms in total. The molecule has 0 fully saturated rings. The molecule has 114 valence electrons. The van der Waals surface area contributed by atoms with Crippen LogP contribution in [0.2, 0.25) is 0 Å². The van der Waals surface area contributed by atoms with Crippen molar-refractivity contribution in [1.29, 1.82) is 0 Å². The molecule has 0 saturated heterocycles. The number of thiophene rings is 2. The highest BCUT2D eigenvalue weighted by molar-refractivity contribution is 7.10. The van der Waals surface area contributed by atoms with Gasteiger partial charge in [0, 0.05) is 16.2 Å². The molecule has 1 aliphatic rings. The van der Waals surface area contributed by atoms with E-state index in [4.69, 9.17) is 5.10 Å². The maximum absolute atomic E-state index is 4.87. The molecule has 1 aliphatic heterocycles. The summed E-state index contributed by atoms with van der Waals surface area (Å²) in [6.45, 7) is 0. The van der Waals surface area contributed by atoms with Gasteiger partial charge in [-0.15, -0.1) is 22.7 Å². The highest BCUT2D eigenvalue weighted by atomic mass is 32.1. The zero-order chi connectivity index (χ0) is 15.5. The van der Waals surface area contributed by atoms with Gasteiger partial charge in [-0.2, -0.15) is 5.10 Å². The summed E-state index contributed by atoms with van der Waals surface area (Å²) in [6.07, 6.45) is 5.25. The van der Waals surface area contributed by atoms with Crippen molar-refractivity contribution in [2.24, 2.45) is 5.10 Å². The van der Waals surface area contributed by atoms with Crippen molar-refractivity contribution in [3.05, 3.63) is 81.2 Å². The number of anilines is 1. The van der Waals surface area contributed by atoms with Gasteiger partial charge in [0.1, 0.15) is 0 Å². The summed E-state index contributed by atoms with van der Waals surface area (Å²) in [7, 11) is 0. The van der Waals surface area contributed by atoms with Gasteiger partial charge in [0.15, 0.2) is 0 Å². The monoisotopic (exact) mass is 336 g/mol. The molecular formula is C19H16N2S2. The van der Waals surface area contributed by atoms with Crippen molar-refractivity contribution in [2.75, 3.05) is 5.01 Å². The first kappa shape index (κ1) is 14.4. The van der Waals surface area contributed by atoms with Crippen molar-refractivity contribution in [2.45, 2.75) is 12.5 Å². The fraction of sp³-hybridized carbons (Fsp3) is 0.105. The molecule has 2 aromatic heterocycles. The SMILES string of the molecule is C(=C/c1cccs1)/C1=NN(c2ccccc2)[C@@H](c2cccs2)C1. The average Bonchev–Trinajstić information content (AvgIpc) is 3.33. The first-order valence-corrected chi connectivity index (χ1v) is 9.33. The number of rotatable bonds is 4. The molecule has 0 radical (unpaired) electrons. The van der Waals surface area contributed by atoms with E-state index in [9.17, 15) is 0 Å². The second kappa shape index (κ2) is 6.52. The largest absolute Gasteiger partial charge is 0.257 e. The van der Waals surface area contributed by atoms with Crippen LogP contribution in [0.5, 0.6) is 0 Å². The number of hydrazone groups is 1. The Morgan fingerprint density at radius 2 is 1.74 bits per heavy atom. The normalized spacial score (nSPS) is 17.8. The van der Waals surface area contributed by atoms with E-state index < -0.39 is 0 Å². The third-order valence-corrected chi connectivity index (χ3v) is 5.62. The van der Waals surface area contributed by atoms with Crippen LogP contribution in [0.15, 0.2) is 76.5 Å². The molecule has 4 heteroatoms. The molecule has 0 amide bonds. The quantitative estimate of drug-likeness (QED) is 0.585. The summed E-state index contributed by atoms with van der Waals surface area (Å²) in [6, 6.07) is 19.2. The Morgan fingerprint density at radius 3 is 2.48 bits per heavy atom. The van der Waals surface area contributed by atoms with Crippen LogP contribution in [-0.4, -0.2) is 5.71 Å². The Balaban J connectivity index is 1.64. The fourth-order valence-electron chi connectivity index (χ4n) is 2.72. The van der Waals surface area contributed by atoms with Crippen LogP contribution >= 0.6 is 22.7 Å². The Bertz CT molecular complexity index is 802. The number of para-hydroxylation sites is 1. The van der Waals surface area contributed by atoms with Crippen LogP contribution in [0, 0.1) is 0 Å². The molecule has 3 heterocycles. The summed E-state index contributed by atoms with van der Waals surface area (Å²) in [5, 5.41) is 11.3. The van der Waals surface area contributed by atoms with Gasteiger partial charge in [0.2, 0.25) is 0 Å². The van der Waals surface area contributed by atoms with Gasteiger partial charge in [0.05, 0.1) is 17.4 Å². The lowest BCUT2D eigenvalue weighted by molar-refractivity contribution is 0.722. The lowest BCUT2D eigenvalue weighted by Crippen LogP contribution is -2.17.